The van der Waals surface area contributed by atoms with E-state index in [1.807, 2.05) is 6.92 Å². The van der Waals surface area contributed by atoms with E-state index in [0.717, 1.165) is 38.3 Å². The highest BCUT2D eigenvalue weighted by atomic mass is 16.6. The van der Waals surface area contributed by atoms with Gasteiger partial charge >= 0.3 is 0 Å². The lowest BCUT2D eigenvalue weighted by atomic mass is 9.83. The number of hydrogen-bond donors (Lipinski definition) is 0. The molecule has 1 heterocycles. The molecule has 2 fully saturated rings. The second-order valence-corrected chi connectivity index (χ2v) is 8.52. The summed E-state index contributed by atoms with van der Waals surface area (Å²) >= 11 is 0. The first-order valence-electron chi connectivity index (χ1n) is 11.6. The molecule has 0 spiro atoms. The van der Waals surface area contributed by atoms with Crippen molar-refractivity contribution in [2.45, 2.75) is 110 Å². The van der Waals surface area contributed by atoms with Crippen LogP contribution in [0.5, 0.6) is 0 Å². The average Bonchev–Trinajstić information content (AvgIpc) is 3.43. The Morgan fingerprint density at radius 1 is 0.846 bits per heavy atom. The van der Waals surface area contributed by atoms with Gasteiger partial charge in [-0.05, 0) is 50.9 Å². The molecule has 2 aliphatic rings. The van der Waals surface area contributed by atoms with Crippen LogP contribution in [0.1, 0.15) is 97.3 Å². The Balaban J connectivity index is 1.56. The van der Waals surface area contributed by atoms with Crippen molar-refractivity contribution in [3.63, 3.8) is 0 Å². The smallest absolute Gasteiger partial charge is 0.0844 e. The third kappa shape index (κ3) is 9.71. The van der Waals surface area contributed by atoms with Crippen molar-refractivity contribution in [3.8, 4) is 0 Å². The van der Waals surface area contributed by atoms with Crippen molar-refractivity contribution in [2.75, 3.05) is 26.4 Å². The largest absolute Gasteiger partial charge is 0.379 e. The molecule has 1 saturated carbocycles. The summed E-state index contributed by atoms with van der Waals surface area (Å²) in [4.78, 5) is 0. The Morgan fingerprint density at radius 3 is 2.38 bits per heavy atom. The maximum absolute atomic E-state index is 5.93. The molecule has 1 aliphatic heterocycles. The number of epoxide rings is 1. The fraction of sp³-hybridized carbons (Fsp3) is 1.00. The van der Waals surface area contributed by atoms with E-state index in [1.54, 1.807) is 0 Å². The zero-order chi connectivity index (χ0) is 18.5. The van der Waals surface area contributed by atoms with Crippen LogP contribution in [-0.2, 0) is 14.2 Å². The standard InChI is InChI=1S/C23H44O3/c1-3-5-6-7-8-9-10-11-21(19-25-17-16-24-4-2)13-12-20-14-15-22-23(18-20)26-22/h20-23H,3-19H2,1-2H3. The van der Waals surface area contributed by atoms with E-state index in [2.05, 4.69) is 6.92 Å². The molecule has 0 aromatic heterocycles. The number of unbranched alkanes of at least 4 members (excludes halogenated alkanes) is 6. The first kappa shape index (κ1) is 22.2. The Bertz CT molecular complexity index is 333. The highest BCUT2D eigenvalue weighted by Crippen LogP contribution is 2.41. The third-order valence-electron chi connectivity index (χ3n) is 6.24. The Kier molecular flexibility index (Phi) is 11.9. The van der Waals surface area contributed by atoms with Crippen LogP contribution in [0.4, 0.5) is 0 Å². The highest BCUT2D eigenvalue weighted by molar-refractivity contribution is 4.91. The summed E-state index contributed by atoms with van der Waals surface area (Å²) in [7, 11) is 0. The number of fused-ring (bicyclic) bond motifs is 1. The molecule has 1 saturated heterocycles. The molecule has 4 atom stereocenters. The summed E-state index contributed by atoms with van der Waals surface area (Å²) in [5.41, 5.74) is 0. The third-order valence-corrected chi connectivity index (χ3v) is 6.24. The zero-order valence-corrected chi connectivity index (χ0v) is 17.6. The molecule has 1 aliphatic carbocycles. The van der Waals surface area contributed by atoms with E-state index < -0.39 is 0 Å². The van der Waals surface area contributed by atoms with Crippen molar-refractivity contribution < 1.29 is 14.2 Å². The molecule has 0 amide bonds. The number of ether oxygens (including phenoxy) is 3. The van der Waals surface area contributed by atoms with Crippen LogP contribution in [0.2, 0.25) is 0 Å². The predicted octanol–water partition coefficient (Wildman–Crippen LogP) is 6.14. The van der Waals surface area contributed by atoms with E-state index >= 15 is 0 Å². The lowest BCUT2D eigenvalue weighted by molar-refractivity contribution is 0.0330. The molecule has 0 aromatic carbocycles. The molecule has 3 heteroatoms. The minimum absolute atomic E-state index is 0.623. The van der Waals surface area contributed by atoms with Crippen LogP contribution in [0.25, 0.3) is 0 Å². The van der Waals surface area contributed by atoms with Crippen LogP contribution >= 0.6 is 0 Å². The Labute approximate surface area is 162 Å². The van der Waals surface area contributed by atoms with Gasteiger partial charge in [0.25, 0.3) is 0 Å². The predicted molar refractivity (Wildman–Crippen MR) is 109 cm³/mol. The summed E-state index contributed by atoms with van der Waals surface area (Å²) in [6.07, 6.45) is 19.1. The number of rotatable bonds is 17. The van der Waals surface area contributed by atoms with Crippen molar-refractivity contribution >= 4 is 0 Å². The van der Waals surface area contributed by atoms with Crippen LogP contribution in [0.15, 0.2) is 0 Å². The summed E-state index contributed by atoms with van der Waals surface area (Å²) < 4.78 is 17.0. The first-order chi connectivity index (χ1) is 12.8. The molecule has 0 radical (unpaired) electrons. The Morgan fingerprint density at radius 2 is 1.62 bits per heavy atom. The van der Waals surface area contributed by atoms with Gasteiger partial charge in [0, 0.05) is 13.2 Å². The normalized spacial score (nSPS) is 25.8. The molecular formula is C23H44O3. The van der Waals surface area contributed by atoms with Gasteiger partial charge in [-0.3, -0.25) is 0 Å². The van der Waals surface area contributed by atoms with Crippen molar-refractivity contribution in [1.29, 1.82) is 0 Å². The van der Waals surface area contributed by atoms with Crippen LogP contribution in [0, 0.1) is 11.8 Å². The monoisotopic (exact) mass is 368 g/mol. The molecule has 26 heavy (non-hydrogen) atoms. The van der Waals surface area contributed by atoms with Crippen LogP contribution in [0.3, 0.4) is 0 Å². The van der Waals surface area contributed by atoms with Gasteiger partial charge in [-0.1, -0.05) is 58.3 Å². The Hall–Kier alpha value is -0.120. The second kappa shape index (κ2) is 14.0. The zero-order valence-electron chi connectivity index (χ0n) is 17.6. The maximum atomic E-state index is 5.93. The fourth-order valence-electron chi connectivity index (χ4n) is 4.43. The second-order valence-electron chi connectivity index (χ2n) is 8.52. The maximum Gasteiger partial charge on any atom is 0.0844 e. The van der Waals surface area contributed by atoms with Crippen molar-refractivity contribution in [1.82, 2.24) is 0 Å². The molecular weight excluding hydrogens is 324 g/mol. The van der Waals surface area contributed by atoms with Crippen LogP contribution in [-0.4, -0.2) is 38.6 Å². The van der Waals surface area contributed by atoms with Crippen LogP contribution < -0.4 is 0 Å². The topological polar surface area (TPSA) is 31.0 Å². The van der Waals surface area contributed by atoms with Crippen molar-refractivity contribution in [2.24, 2.45) is 11.8 Å². The van der Waals surface area contributed by atoms with Gasteiger partial charge < -0.3 is 14.2 Å². The quantitative estimate of drug-likeness (QED) is 0.228. The summed E-state index contributed by atoms with van der Waals surface area (Å²) in [5.74, 6) is 1.64. The summed E-state index contributed by atoms with van der Waals surface area (Å²) in [6.45, 7) is 7.54. The summed E-state index contributed by atoms with van der Waals surface area (Å²) in [6, 6.07) is 0. The fourth-order valence-corrected chi connectivity index (χ4v) is 4.43. The molecule has 0 aromatic rings. The van der Waals surface area contributed by atoms with Gasteiger partial charge in [0.05, 0.1) is 25.4 Å². The molecule has 0 bridgehead atoms. The molecule has 0 N–H and O–H groups in total. The van der Waals surface area contributed by atoms with Gasteiger partial charge in [0.1, 0.15) is 0 Å². The van der Waals surface area contributed by atoms with E-state index in [0.29, 0.717) is 12.2 Å². The van der Waals surface area contributed by atoms with Gasteiger partial charge in [-0.2, -0.15) is 0 Å². The van der Waals surface area contributed by atoms with E-state index in [4.69, 9.17) is 14.2 Å². The molecule has 154 valence electrons. The average molecular weight is 369 g/mol. The lowest BCUT2D eigenvalue weighted by Crippen LogP contribution is -2.17. The first-order valence-corrected chi connectivity index (χ1v) is 11.6. The van der Waals surface area contributed by atoms with E-state index in [-0.39, 0.29) is 0 Å². The SMILES string of the molecule is CCCCCCCCCC(CCC1CCC2OC2C1)COCCOCC. The highest BCUT2D eigenvalue weighted by Gasteiger charge is 2.43. The molecule has 4 unspecified atom stereocenters. The summed E-state index contributed by atoms with van der Waals surface area (Å²) in [5, 5.41) is 0. The van der Waals surface area contributed by atoms with Gasteiger partial charge in [0.15, 0.2) is 0 Å². The van der Waals surface area contributed by atoms with Gasteiger partial charge in [-0.15, -0.1) is 0 Å². The molecule has 2 rings (SSSR count). The van der Waals surface area contributed by atoms with E-state index in [1.165, 1.54) is 83.5 Å². The van der Waals surface area contributed by atoms with Gasteiger partial charge in [0.2, 0.25) is 0 Å². The van der Waals surface area contributed by atoms with E-state index in [9.17, 15) is 0 Å². The lowest BCUT2D eigenvalue weighted by Gasteiger charge is -2.23. The van der Waals surface area contributed by atoms with Crippen molar-refractivity contribution in [3.05, 3.63) is 0 Å². The minimum Gasteiger partial charge on any atom is -0.379 e. The minimum atomic E-state index is 0.623. The van der Waals surface area contributed by atoms with Gasteiger partial charge in [-0.25, -0.2) is 0 Å². The number of hydrogen-bond acceptors (Lipinski definition) is 3. The molecule has 3 nitrogen and oxygen atoms in total.